The first kappa shape index (κ1) is 20.9. The first-order chi connectivity index (χ1) is 14.2. The zero-order valence-corrected chi connectivity index (χ0v) is 19.2. The Morgan fingerprint density at radius 1 is 1.10 bits per heavy atom. The van der Waals surface area contributed by atoms with Gasteiger partial charge >= 0.3 is 6.09 Å². The van der Waals surface area contributed by atoms with Gasteiger partial charge in [0, 0.05) is 36.6 Å². The molecule has 0 atom stereocenters. The average molecular weight is 445 g/mol. The van der Waals surface area contributed by atoms with Crippen LogP contribution in [0.25, 0.3) is 21.3 Å². The van der Waals surface area contributed by atoms with Crippen LogP contribution in [-0.4, -0.2) is 52.7 Å². The second-order valence-electron chi connectivity index (χ2n) is 8.35. The molecule has 0 N–H and O–H groups in total. The molecule has 1 amide bonds. The second kappa shape index (κ2) is 8.04. The Kier molecular flexibility index (Phi) is 5.59. The molecule has 8 heteroatoms. The van der Waals surface area contributed by atoms with Crippen LogP contribution in [0, 0.1) is 6.92 Å². The minimum atomic E-state index is -0.501. The van der Waals surface area contributed by atoms with Crippen LogP contribution in [0.15, 0.2) is 30.3 Å². The van der Waals surface area contributed by atoms with Crippen molar-refractivity contribution in [2.75, 3.05) is 31.1 Å². The van der Waals surface area contributed by atoms with Crippen LogP contribution in [0.1, 0.15) is 25.6 Å². The first-order valence-electron chi connectivity index (χ1n) is 9.98. The van der Waals surface area contributed by atoms with Crippen LogP contribution in [0.4, 0.5) is 10.6 Å². The van der Waals surface area contributed by atoms with Gasteiger partial charge in [0.15, 0.2) is 0 Å². The fourth-order valence-corrected chi connectivity index (χ4v) is 4.93. The Morgan fingerprint density at radius 2 is 1.77 bits per heavy atom. The molecule has 158 valence electrons. The monoisotopic (exact) mass is 444 g/mol. The molecule has 4 rings (SSSR count). The van der Waals surface area contributed by atoms with Crippen molar-refractivity contribution >= 4 is 45.1 Å². The zero-order valence-electron chi connectivity index (χ0n) is 17.6. The summed E-state index contributed by atoms with van der Waals surface area (Å²) in [6.45, 7) is 10.2. The lowest BCUT2D eigenvalue weighted by molar-refractivity contribution is 0.0240. The molecular weight excluding hydrogens is 420 g/mol. The molecule has 0 unspecified atom stereocenters. The van der Waals surface area contributed by atoms with Crippen molar-refractivity contribution in [2.45, 2.75) is 33.3 Å². The number of aryl methyl sites for hydroxylation is 1. The Balaban J connectivity index is 1.66. The van der Waals surface area contributed by atoms with Gasteiger partial charge in [-0.25, -0.2) is 9.78 Å². The Bertz CT molecular complexity index is 1070. The van der Waals surface area contributed by atoms with Gasteiger partial charge in [-0.2, -0.15) is 4.98 Å². The van der Waals surface area contributed by atoms with Gasteiger partial charge in [0.1, 0.15) is 16.2 Å². The number of piperazine rings is 1. The highest BCUT2D eigenvalue weighted by Gasteiger charge is 2.28. The van der Waals surface area contributed by atoms with E-state index in [4.69, 9.17) is 16.3 Å². The van der Waals surface area contributed by atoms with Crippen molar-refractivity contribution in [1.29, 1.82) is 0 Å². The van der Waals surface area contributed by atoms with Gasteiger partial charge in [-0.3, -0.25) is 0 Å². The lowest BCUT2D eigenvalue weighted by atomic mass is 10.0. The maximum absolute atomic E-state index is 12.4. The Morgan fingerprint density at radius 3 is 2.40 bits per heavy atom. The number of ether oxygens (including phenoxy) is 1. The highest BCUT2D eigenvalue weighted by Crippen LogP contribution is 2.42. The average Bonchev–Trinajstić information content (AvgIpc) is 3.02. The van der Waals surface area contributed by atoms with E-state index in [-0.39, 0.29) is 11.4 Å². The fraction of sp³-hybridized carbons (Fsp3) is 0.409. The largest absolute Gasteiger partial charge is 0.444 e. The summed E-state index contributed by atoms with van der Waals surface area (Å²) in [4.78, 5) is 27.5. The van der Waals surface area contributed by atoms with Gasteiger partial charge in [0.2, 0.25) is 5.28 Å². The molecule has 3 heterocycles. The molecular formula is C22H25ClN4O2S. The van der Waals surface area contributed by atoms with E-state index < -0.39 is 5.60 Å². The summed E-state index contributed by atoms with van der Waals surface area (Å²) in [6, 6.07) is 10.3. The summed E-state index contributed by atoms with van der Waals surface area (Å²) in [5.41, 5.74) is 1.79. The predicted molar refractivity (Wildman–Crippen MR) is 123 cm³/mol. The summed E-state index contributed by atoms with van der Waals surface area (Å²) in [7, 11) is 0. The molecule has 1 aliphatic rings. The maximum Gasteiger partial charge on any atom is 0.410 e. The molecule has 1 aromatic carbocycles. The summed E-state index contributed by atoms with van der Waals surface area (Å²) in [6.07, 6.45) is -0.274. The molecule has 6 nitrogen and oxygen atoms in total. The van der Waals surface area contributed by atoms with Crippen molar-refractivity contribution < 1.29 is 9.53 Å². The normalized spacial score (nSPS) is 15.0. The lowest BCUT2D eigenvalue weighted by Gasteiger charge is -2.36. The van der Waals surface area contributed by atoms with Gasteiger partial charge in [-0.15, -0.1) is 11.3 Å². The van der Waals surface area contributed by atoms with Gasteiger partial charge < -0.3 is 14.5 Å². The summed E-state index contributed by atoms with van der Waals surface area (Å²) < 4.78 is 5.51. The predicted octanol–water partition coefficient (Wildman–Crippen LogP) is 5.38. The van der Waals surface area contributed by atoms with Crippen molar-refractivity contribution in [2.24, 2.45) is 0 Å². The minimum absolute atomic E-state index is 0.243. The second-order valence-corrected chi connectivity index (χ2v) is 9.89. The number of nitrogens with zero attached hydrogens (tertiary/aromatic N) is 4. The highest BCUT2D eigenvalue weighted by molar-refractivity contribution is 7.19. The SMILES string of the molecule is Cc1sc2nc(Cl)nc(N3CCN(C(=O)OC(C)(C)C)CC3)c2c1-c1ccccc1. The smallest absolute Gasteiger partial charge is 0.410 e. The molecule has 1 fully saturated rings. The molecule has 0 saturated carbocycles. The number of hydrogen-bond donors (Lipinski definition) is 0. The molecule has 0 spiro atoms. The van der Waals surface area contributed by atoms with Crippen LogP contribution in [-0.2, 0) is 4.74 Å². The summed E-state index contributed by atoms with van der Waals surface area (Å²) >= 11 is 7.91. The zero-order chi connectivity index (χ0) is 21.5. The van der Waals surface area contributed by atoms with E-state index in [1.807, 2.05) is 39.0 Å². The Hall–Kier alpha value is -2.38. The van der Waals surface area contributed by atoms with E-state index in [0.29, 0.717) is 26.2 Å². The molecule has 3 aromatic rings. The van der Waals surface area contributed by atoms with Crippen molar-refractivity contribution in [3.05, 3.63) is 40.5 Å². The van der Waals surface area contributed by atoms with Crippen LogP contribution in [0.3, 0.4) is 0 Å². The molecule has 2 aromatic heterocycles. The molecule has 1 aliphatic heterocycles. The molecule has 0 aliphatic carbocycles. The molecule has 0 radical (unpaired) electrons. The number of amides is 1. The Labute approximate surface area is 185 Å². The molecule has 30 heavy (non-hydrogen) atoms. The van der Waals surface area contributed by atoms with E-state index in [1.165, 1.54) is 4.88 Å². The number of halogens is 1. The van der Waals surface area contributed by atoms with E-state index in [1.54, 1.807) is 16.2 Å². The number of aromatic nitrogens is 2. The van der Waals surface area contributed by atoms with Crippen LogP contribution >= 0.6 is 22.9 Å². The maximum atomic E-state index is 12.4. The molecule has 0 bridgehead atoms. The fourth-order valence-electron chi connectivity index (χ4n) is 3.68. The highest BCUT2D eigenvalue weighted by atomic mass is 35.5. The number of anilines is 1. The minimum Gasteiger partial charge on any atom is -0.444 e. The van der Waals surface area contributed by atoms with Crippen molar-refractivity contribution in [3.8, 4) is 11.1 Å². The van der Waals surface area contributed by atoms with Crippen LogP contribution < -0.4 is 4.90 Å². The lowest BCUT2D eigenvalue weighted by Crippen LogP contribution is -2.50. The topological polar surface area (TPSA) is 58.6 Å². The number of rotatable bonds is 2. The van der Waals surface area contributed by atoms with Gasteiger partial charge in [0.05, 0.1) is 5.39 Å². The standard InChI is InChI=1S/C22H25ClN4O2S/c1-14-16(15-8-6-5-7-9-15)17-18(24-20(23)25-19(17)30-14)26-10-12-27(13-11-26)21(28)29-22(2,3)4/h5-9H,10-13H2,1-4H3. The third kappa shape index (κ3) is 4.23. The van der Waals surface area contributed by atoms with Crippen molar-refractivity contribution in [1.82, 2.24) is 14.9 Å². The number of carbonyl (C=O) groups is 1. The number of carbonyl (C=O) groups excluding carboxylic acids is 1. The summed E-state index contributed by atoms with van der Waals surface area (Å²) in [5.74, 6) is 0.831. The van der Waals surface area contributed by atoms with E-state index in [9.17, 15) is 4.79 Å². The van der Waals surface area contributed by atoms with E-state index in [0.717, 1.165) is 27.2 Å². The van der Waals surface area contributed by atoms with Crippen molar-refractivity contribution in [3.63, 3.8) is 0 Å². The number of hydrogen-bond acceptors (Lipinski definition) is 6. The summed E-state index contributed by atoms with van der Waals surface area (Å²) in [5, 5.41) is 1.27. The van der Waals surface area contributed by atoms with Gasteiger partial charge in [-0.05, 0) is 44.9 Å². The number of fused-ring (bicyclic) bond motifs is 1. The number of thiophene rings is 1. The molecule has 1 saturated heterocycles. The van der Waals surface area contributed by atoms with Gasteiger partial charge in [0.25, 0.3) is 0 Å². The van der Waals surface area contributed by atoms with Crippen LogP contribution in [0.5, 0.6) is 0 Å². The quantitative estimate of drug-likeness (QED) is 0.497. The van der Waals surface area contributed by atoms with Gasteiger partial charge in [-0.1, -0.05) is 30.3 Å². The first-order valence-corrected chi connectivity index (χ1v) is 11.2. The third-order valence-electron chi connectivity index (χ3n) is 4.97. The number of benzene rings is 1. The third-order valence-corrected chi connectivity index (χ3v) is 6.14. The van der Waals surface area contributed by atoms with E-state index in [2.05, 4.69) is 33.9 Å². The van der Waals surface area contributed by atoms with E-state index >= 15 is 0 Å². The van der Waals surface area contributed by atoms with Crippen LogP contribution in [0.2, 0.25) is 5.28 Å².